The number of nitrogens with zero attached hydrogens (tertiary/aromatic N) is 5. The predicted octanol–water partition coefficient (Wildman–Crippen LogP) is 0.581. The van der Waals surface area contributed by atoms with Crippen molar-refractivity contribution < 1.29 is 5.11 Å². The van der Waals surface area contributed by atoms with Crippen molar-refractivity contribution in [1.29, 1.82) is 0 Å². The minimum atomic E-state index is -0.117. The quantitative estimate of drug-likeness (QED) is 0.883. The molecule has 0 bridgehead atoms. The number of aliphatic hydroxyl groups excluding tert-OH is 1. The molecule has 1 aromatic rings. The van der Waals surface area contributed by atoms with Gasteiger partial charge in [-0.3, -0.25) is 4.90 Å². The first-order valence-corrected chi connectivity index (χ1v) is 8.10. The average molecular weight is 293 g/mol. The summed E-state index contributed by atoms with van der Waals surface area (Å²) in [5.74, 6) is 2.70. The van der Waals surface area contributed by atoms with Gasteiger partial charge in [-0.2, -0.15) is 0 Å². The van der Waals surface area contributed by atoms with Crippen LogP contribution in [0.5, 0.6) is 0 Å². The molecule has 2 fully saturated rings. The Balaban J connectivity index is 1.65. The minimum absolute atomic E-state index is 0.117. The van der Waals surface area contributed by atoms with Crippen LogP contribution < -0.4 is 0 Å². The molecule has 1 N–H and O–H groups in total. The van der Waals surface area contributed by atoms with Gasteiger partial charge in [0.15, 0.2) is 0 Å². The Morgan fingerprint density at radius 1 is 1.10 bits per heavy atom. The number of hydrogen-bond acceptors (Lipinski definition) is 5. The molecule has 0 unspecified atom stereocenters. The van der Waals surface area contributed by atoms with Crippen molar-refractivity contribution >= 4 is 0 Å². The molecule has 0 amide bonds. The van der Waals surface area contributed by atoms with E-state index in [2.05, 4.69) is 38.7 Å². The maximum atomic E-state index is 9.58. The number of aromatic nitrogens is 3. The van der Waals surface area contributed by atoms with Gasteiger partial charge in [-0.15, -0.1) is 10.2 Å². The highest BCUT2D eigenvalue weighted by Crippen LogP contribution is 2.25. The van der Waals surface area contributed by atoms with Crippen LogP contribution in [0, 0.1) is 0 Å². The fourth-order valence-electron chi connectivity index (χ4n) is 3.52. The Bertz CT molecular complexity index is 467. The molecular formula is C15H27N5O. The van der Waals surface area contributed by atoms with E-state index in [1.807, 2.05) is 0 Å². The fourth-order valence-corrected chi connectivity index (χ4v) is 3.52. The molecule has 2 aliphatic heterocycles. The van der Waals surface area contributed by atoms with Gasteiger partial charge in [0.2, 0.25) is 0 Å². The van der Waals surface area contributed by atoms with E-state index in [-0.39, 0.29) is 6.10 Å². The smallest absolute Gasteiger partial charge is 0.146 e. The van der Waals surface area contributed by atoms with Crippen molar-refractivity contribution in [2.24, 2.45) is 7.05 Å². The van der Waals surface area contributed by atoms with Gasteiger partial charge in [0.1, 0.15) is 11.6 Å². The molecule has 1 atom stereocenters. The van der Waals surface area contributed by atoms with Crippen LogP contribution in [0.3, 0.4) is 0 Å². The van der Waals surface area contributed by atoms with Crippen molar-refractivity contribution in [2.45, 2.75) is 44.2 Å². The van der Waals surface area contributed by atoms with Gasteiger partial charge < -0.3 is 14.6 Å². The lowest BCUT2D eigenvalue weighted by Gasteiger charge is -2.30. The molecule has 0 aromatic carbocycles. The van der Waals surface area contributed by atoms with Gasteiger partial charge in [-0.1, -0.05) is 0 Å². The van der Waals surface area contributed by atoms with Gasteiger partial charge in [-0.05, 0) is 39.3 Å². The van der Waals surface area contributed by atoms with Crippen LogP contribution in [0.2, 0.25) is 0 Å². The normalized spacial score (nSPS) is 26.3. The van der Waals surface area contributed by atoms with Gasteiger partial charge >= 0.3 is 0 Å². The van der Waals surface area contributed by atoms with E-state index in [1.165, 1.54) is 19.4 Å². The molecule has 2 aliphatic rings. The number of likely N-dealkylation sites (N-methyl/N-ethyl adjacent to an activating group) is 1. The minimum Gasteiger partial charge on any atom is -0.393 e. The van der Waals surface area contributed by atoms with E-state index >= 15 is 0 Å². The number of aliphatic hydroxyl groups is 1. The third-order valence-electron chi connectivity index (χ3n) is 4.91. The van der Waals surface area contributed by atoms with E-state index in [0.29, 0.717) is 5.92 Å². The molecule has 0 radical (unpaired) electrons. The zero-order chi connectivity index (χ0) is 14.8. The molecule has 118 valence electrons. The summed E-state index contributed by atoms with van der Waals surface area (Å²) in [6.45, 7) is 5.03. The van der Waals surface area contributed by atoms with Crippen LogP contribution in [0.4, 0.5) is 0 Å². The van der Waals surface area contributed by atoms with Crippen molar-refractivity contribution in [1.82, 2.24) is 24.6 Å². The topological polar surface area (TPSA) is 57.4 Å². The van der Waals surface area contributed by atoms with Crippen molar-refractivity contribution in [2.75, 3.05) is 33.2 Å². The Hall–Kier alpha value is -0.980. The summed E-state index contributed by atoms with van der Waals surface area (Å²) in [5, 5.41) is 18.5. The lowest BCUT2D eigenvalue weighted by molar-refractivity contribution is 0.0775. The summed E-state index contributed by atoms with van der Waals surface area (Å²) in [4.78, 5) is 4.75. The van der Waals surface area contributed by atoms with Crippen LogP contribution in [-0.4, -0.2) is 69.0 Å². The molecule has 3 rings (SSSR count). The second-order valence-corrected chi connectivity index (χ2v) is 6.64. The van der Waals surface area contributed by atoms with Crippen molar-refractivity contribution in [3.63, 3.8) is 0 Å². The zero-order valence-electron chi connectivity index (χ0n) is 13.2. The molecule has 6 nitrogen and oxygen atoms in total. The summed E-state index contributed by atoms with van der Waals surface area (Å²) in [6.07, 6.45) is 4.09. The van der Waals surface area contributed by atoms with Crippen molar-refractivity contribution in [3.8, 4) is 0 Å². The highest BCUT2D eigenvalue weighted by molar-refractivity contribution is 5.04. The molecule has 0 saturated carbocycles. The van der Waals surface area contributed by atoms with Gasteiger partial charge in [0.05, 0.1) is 12.6 Å². The third kappa shape index (κ3) is 3.44. The van der Waals surface area contributed by atoms with Crippen LogP contribution in [0.1, 0.15) is 43.3 Å². The molecule has 2 saturated heterocycles. The number of piperidine rings is 2. The molecule has 21 heavy (non-hydrogen) atoms. The van der Waals surface area contributed by atoms with Crippen LogP contribution in [-0.2, 0) is 13.6 Å². The van der Waals surface area contributed by atoms with E-state index in [1.54, 1.807) is 0 Å². The Labute approximate surface area is 126 Å². The highest BCUT2D eigenvalue weighted by atomic mass is 16.3. The maximum absolute atomic E-state index is 9.58. The Morgan fingerprint density at radius 3 is 2.57 bits per heavy atom. The predicted molar refractivity (Wildman–Crippen MR) is 81.0 cm³/mol. The van der Waals surface area contributed by atoms with Crippen LogP contribution in [0.25, 0.3) is 0 Å². The first-order valence-electron chi connectivity index (χ1n) is 8.10. The van der Waals surface area contributed by atoms with Gasteiger partial charge in [0, 0.05) is 32.6 Å². The second kappa shape index (κ2) is 6.42. The molecule has 6 heteroatoms. The van der Waals surface area contributed by atoms with Gasteiger partial charge in [0.25, 0.3) is 0 Å². The third-order valence-corrected chi connectivity index (χ3v) is 4.91. The first-order chi connectivity index (χ1) is 10.1. The summed E-state index contributed by atoms with van der Waals surface area (Å²) >= 11 is 0. The summed E-state index contributed by atoms with van der Waals surface area (Å²) in [6, 6.07) is 0. The summed E-state index contributed by atoms with van der Waals surface area (Å²) < 4.78 is 2.19. The maximum Gasteiger partial charge on any atom is 0.146 e. The molecule has 0 spiro atoms. The Morgan fingerprint density at radius 2 is 1.86 bits per heavy atom. The number of rotatable bonds is 3. The van der Waals surface area contributed by atoms with Crippen LogP contribution in [0.15, 0.2) is 0 Å². The van der Waals surface area contributed by atoms with Crippen LogP contribution >= 0.6 is 0 Å². The van der Waals surface area contributed by atoms with E-state index in [9.17, 15) is 5.11 Å². The molecular weight excluding hydrogens is 266 g/mol. The lowest BCUT2D eigenvalue weighted by Crippen LogP contribution is -2.36. The number of likely N-dealkylation sites (tertiary alicyclic amines) is 2. The first kappa shape index (κ1) is 14.9. The fraction of sp³-hybridized carbons (Fsp3) is 0.867. The lowest BCUT2D eigenvalue weighted by atomic mass is 9.98. The van der Waals surface area contributed by atoms with Crippen molar-refractivity contribution in [3.05, 3.63) is 11.6 Å². The van der Waals surface area contributed by atoms with Gasteiger partial charge in [-0.25, -0.2) is 0 Å². The van der Waals surface area contributed by atoms with E-state index < -0.39 is 0 Å². The monoisotopic (exact) mass is 293 g/mol. The molecule has 1 aromatic heterocycles. The summed E-state index contributed by atoms with van der Waals surface area (Å²) in [5.41, 5.74) is 0. The summed E-state index contributed by atoms with van der Waals surface area (Å²) in [7, 11) is 4.28. The average Bonchev–Trinajstić information content (AvgIpc) is 2.83. The molecule has 0 aliphatic carbocycles. The second-order valence-electron chi connectivity index (χ2n) is 6.64. The standard InChI is InChI=1S/C15H27N5O/c1-18-7-3-4-12(10-18)15-17-16-14(19(15)2)11-20-8-5-13(21)6-9-20/h12-13,21H,3-11H2,1-2H3/t12-/m0/s1. The van der Waals surface area contributed by atoms with E-state index in [0.717, 1.165) is 50.7 Å². The van der Waals surface area contributed by atoms with E-state index in [4.69, 9.17) is 0 Å². The zero-order valence-corrected chi connectivity index (χ0v) is 13.2. The number of hydrogen-bond donors (Lipinski definition) is 1. The molecule has 3 heterocycles. The SMILES string of the molecule is CN1CCC[C@H](c2nnc(CN3CCC(O)CC3)n2C)C1. The largest absolute Gasteiger partial charge is 0.393 e. The Kier molecular flexibility index (Phi) is 4.57. The highest BCUT2D eigenvalue weighted by Gasteiger charge is 2.25.